The molecule has 0 saturated heterocycles. The number of carboxylic acid groups (broad SMARTS) is 1. The van der Waals surface area contributed by atoms with Gasteiger partial charge in [-0.05, 0) is 55.7 Å². The van der Waals surface area contributed by atoms with Crippen molar-refractivity contribution in [3.05, 3.63) is 84.0 Å². The van der Waals surface area contributed by atoms with Gasteiger partial charge in [0.2, 0.25) is 0 Å². The van der Waals surface area contributed by atoms with Crippen LogP contribution < -0.4 is 0 Å². The van der Waals surface area contributed by atoms with Crippen LogP contribution in [0.15, 0.2) is 72.6 Å². The molecule has 0 amide bonds. The number of halogens is 1. The summed E-state index contributed by atoms with van der Waals surface area (Å²) >= 11 is 0. The number of rotatable bonds is 7. The molecular weight excluding hydrogens is 433 g/mol. The van der Waals surface area contributed by atoms with Crippen LogP contribution in [0.5, 0.6) is 0 Å². The van der Waals surface area contributed by atoms with E-state index in [9.17, 15) is 9.90 Å². The van der Waals surface area contributed by atoms with Crippen LogP contribution in [0, 0.1) is 11.2 Å². The molecule has 4 rings (SSSR count). The largest absolute Gasteiger partial charge is 0.481 e. The number of hydrogen-bond acceptors (Lipinski definition) is 4. The molecule has 0 fully saturated rings. The van der Waals surface area contributed by atoms with E-state index in [0.29, 0.717) is 11.4 Å². The average molecular weight is 462 g/mol. The number of likely N-dealkylation sites (N-methyl/N-ethyl adjacent to an activating group) is 1. The van der Waals surface area contributed by atoms with E-state index in [1.54, 1.807) is 26.1 Å². The number of aromatic amines is 1. The zero-order valence-corrected chi connectivity index (χ0v) is 19.7. The van der Waals surface area contributed by atoms with E-state index in [1.165, 1.54) is 6.07 Å². The number of hydrogen-bond donors (Lipinski definition) is 2. The van der Waals surface area contributed by atoms with Gasteiger partial charge in [-0.25, -0.2) is 9.37 Å². The van der Waals surface area contributed by atoms with E-state index in [2.05, 4.69) is 9.97 Å². The molecule has 0 aliphatic carbocycles. The van der Waals surface area contributed by atoms with Gasteiger partial charge >= 0.3 is 5.97 Å². The van der Waals surface area contributed by atoms with Crippen LogP contribution in [0.3, 0.4) is 0 Å². The van der Waals surface area contributed by atoms with E-state index in [4.69, 9.17) is 4.74 Å². The Morgan fingerprint density at radius 2 is 1.94 bits per heavy atom. The third kappa shape index (κ3) is 4.79. The molecule has 0 saturated carbocycles. The fourth-order valence-corrected chi connectivity index (χ4v) is 3.72. The van der Waals surface area contributed by atoms with Crippen molar-refractivity contribution in [3.8, 4) is 22.6 Å². The molecule has 1 unspecified atom stereocenters. The van der Waals surface area contributed by atoms with Crippen LogP contribution in [0.4, 0.5) is 4.39 Å². The summed E-state index contributed by atoms with van der Waals surface area (Å²) in [6.45, 7) is 5.26. The number of H-pyrrole nitrogens is 1. The van der Waals surface area contributed by atoms with E-state index in [0.717, 1.165) is 28.0 Å². The number of aliphatic carboxylic acids is 1. The number of carbonyl (C=O) groups is 1. The van der Waals surface area contributed by atoms with Crippen molar-refractivity contribution in [2.75, 3.05) is 13.7 Å². The second-order valence-corrected chi connectivity index (χ2v) is 9.15. The number of carboxylic acids is 1. The van der Waals surface area contributed by atoms with Gasteiger partial charge in [-0.3, -0.25) is 4.79 Å². The van der Waals surface area contributed by atoms with Crippen molar-refractivity contribution in [2.45, 2.75) is 27.0 Å². The minimum Gasteiger partial charge on any atom is -0.481 e. The summed E-state index contributed by atoms with van der Waals surface area (Å²) in [5.74, 6) is -0.810. The summed E-state index contributed by atoms with van der Waals surface area (Å²) in [6.07, 6.45) is 5.11. The number of imidazole rings is 1. The highest BCUT2D eigenvalue weighted by Gasteiger charge is 2.30. The normalized spacial score (nSPS) is 16.3. The second kappa shape index (κ2) is 9.27. The van der Waals surface area contributed by atoms with Crippen molar-refractivity contribution in [2.24, 2.45) is 5.41 Å². The van der Waals surface area contributed by atoms with Crippen LogP contribution in [0.2, 0.25) is 0 Å². The maximum Gasteiger partial charge on any atom is 0.311 e. The van der Waals surface area contributed by atoms with Gasteiger partial charge in [-0.2, -0.15) is 0 Å². The zero-order valence-electron chi connectivity index (χ0n) is 19.7. The Kier molecular flexibility index (Phi) is 6.39. The van der Waals surface area contributed by atoms with Crippen LogP contribution >= 0.6 is 0 Å². The maximum absolute atomic E-state index is 15.1. The molecule has 34 heavy (non-hydrogen) atoms. The number of ether oxygens (including phenoxy) is 1. The molecule has 0 bridgehead atoms. The van der Waals surface area contributed by atoms with Gasteiger partial charge in [-0.15, -0.1) is 0 Å². The Labute approximate surface area is 198 Å². The van der Waals surface area contributed by atoms with Gasteiger partial charge < -0.3 is 19.7 Å². The van der Waals surface area contributed by atoms with Crippen LogP contribution in [0.25, 0.3) is 28.2 Å². The third-order valence-corrected chi connectivity index (χ3v) is 5.94. The molecule has 0 radical (unpaired) electrons. The van der Waals surface area contributed by atoms with Crippen LogP contribution in [0.1, 0.15) is 26.3 Å². The molecule has 1 aliphatic heterocycles. The van der Waals surface area contributed by atoms with Gasteiger partial charge in [-0.1, -0.05) is 36.4 Å². The van der Waals surface area contributed by atoms with Crippen LogP contribution in [-0.2, 0) is 9.53 Å². The Morgan fingerprint density at radius 3 is 2.62 bits per heavy atom. The smallest absolute Gasteiger partial charge is 0.311 e. The summed E-state index contributed by atoms with van der Waals surface area (Å²) in [5.41, 5.74) is 3.75. The number of allylic oxidation sites excluding steroid dienone is 2. The number of benzene rings is 2. The second-order valence-electron chi connectivity index (χ2n) is 9.15. The van der Waals surface area contributed by atoms with E-state index in [1.807, 2.05) is 67.5 Å². The van der Waals surface area contributed by atoms with Crippen molar-refractivity contribution in [3.63, 3.8) is 0 Å². The topological polar surface area (TPSA) is 78.5 Å². The lowest BCUT2D eigenvalue weighted by Gasteiger charge is -2.32. The monoisotopic (exact) mass is 461 g/mol. The molecule has 6 nitrogen and oxygen atoms in total. The first-order valence-electron chi connectivity index (χ1n) is 11.0. The molecule has 3 aromatic rings. The highest BCUT2D eigenvalue weighted by molar-refractivity contribution is 5.80. The number of nitrogens with zero attached hydrogens (tertiary/aromatic N) is 2. The summed E-state index contributed by atoms with van der Waals surface area (Å²) in [4.78, 5) is 20.8. The predicted octanol–water partition coefficient (Wildman–Crippen LogP) is 5.57. The van der Waals surface area contributed by atoms with E-state index < -0.39 is 17.6 Å². The molecule has 1 atom stereocenters. The van der Waals surface area contributed by atoms with Gasteiger partial charge in [0.1, 0.15) is 17.9 Å². The van der Waals surface area contributed by atoms with E-state index >= 15 is 4.39 Å². The lowest BCUT2D eigenvalue weighted by molar-refractivity contribution is -0.152. The van der Waals surface area contributed by atoms with Gasteiger partial charge in [0.05, 0.1) is 29.5 Å². The van der Waals surface area contributed by atoms with Crippen molar-refractivity contribution >= 4 is 11.5 Å². The Hall–Kier alpha value is -3.71. The number of nitrogens with one attached hydrogen (secondary N) is 1. The summed E-state index contributed by atoms with van der Waals surface area (Å²) in [6, 6.07) is 14.9. The molecule has 7 heteroatoms. The first-order chi connectivity index (χ1) is 16.2. The minimum atomic E-state index is -0.988. The van der Waals surface area contributed by atoms with Crippen molar-refractivity contribution < 1.29 is 19.0 Å². The molecule has 0 spiro atoms. The molecule has 1 aliphatic rings. The average Bonchev–Trinajstić information content (AvgIpc) is 3.30. The first kappa shape index (κ1) is 23.4. The van der Waals surface area contributed by atoms with Crippen LogP contribution in [-0.4, -0.2) is 45.8 Å². The van der Waals surface area contributed by atoms with Crippen molar-refractivity contribution in [1.82, 2.24) is 14.9 Å². The number of aromatic nitrogens is 2. The quantitative estimate of drug-likeness (QED) is 0.481. The fraction of sp³-hybridized carbons (Fsp3) is 0.259. The minimum absolute atomic E-state index is 0.0712. The Balaban J connectivity index is 1.53. The molecule has 176 valence electrons. The zero-order chi connectivity index (χ0) is 24.5. The SMILES string of the molecule is CC1=CC(OCC(C)(C)C(=O)O)N(C)C=C1c1ccc(-c2ncc(-c3ccccc3)[nH]2)c(F)c1. The molecule has 2 N–H and O–H groups in total. The molecular formula is C27H28FN3O3. The standard InChI is InChI=1S/C27H28FN3O3/c1-17-12-24(34-16-27(2,3)26(32)33)31(4)15-21(17)19-10-11-20(22(28)13-19)25-29-14-23(30-25)18-8-6-5-7-9-18/h5-15,24H,16H2,1-4H3,(H,29,30)(H,32,33). The molecule has 2 heterocycles. The highest BCUT2D eigenvalue weighted by atomic mass is 19.1. The maximum atomic E-state index is 15.1. The lowest BCUT2D eigenvalue weighted by atomic mass is 9.94. The molecule has 1 aromatic heterocycles. The summed E-state index contributed by atoms with van der Waals surface area (Å²) < 4.78 is 21.0. The fourth-order valence-electron chi connectivity index (χ4n) is 3.72. The van der Waals surface area contributed by atoms with Gasteiger partial charge in [0.15, 0.2) is 0 Å². The Morgan fingerprint density at radius 1 is 1.21 bits per heavy atom. The lowest BCUT2D eigenvalue weighted by Crippen LogP contribution is -2.37. The van der Waals surface area contributed by atoms with Crippen molar-refractivity contribution in [1.29, 1.82) is 0 Å². The molecule has 2 aromatic carbocycles. The highest BCUT2D eigenvalue weighted by Crippen LogP contribution is 2.32. The summed E-state index contributed by atoms with van der Waals surface area (Å²) in [5, 5.41) is 9.31. The third-order valence-electron chi connectivity index (χ3n) is 5.94. The Bertz CT molecular complexity index is 1260. The summed E-state index contributed by atoms with van der Waals surface area (Å²) in [7, 11) is 1.85. The first-order valence-corrected chi connectivity index (χ1v) is 11.0. The van der Waals surface area contributed by atoms with Gasteiger partial charge in [0.25, 0.3) is 0 Å². The van der Waals surface area contributed by atoms with E-state index in [-0.39, 0.29) is 12.4 Å². The van der Waals surface area contributed by atoms with Gasteiger partial charge in [0, 0.05) is 18.8 Å². The predicted molar refractivity (Wildman–Crippen MR) is 130 cm³/mol.